The minimum atomic E-state index is 0.323. The molecule has 0 saturated heterocycles. The van der Waals surface area contributed by atoms with Crippen molar-refractivity contribution >= 4 is 51.9 Å². The topological polar surface area (TPSA) is 50.9 Å². The van der Waals surface area contributed by atoms with Crippen LogP contribution >= 0.6 is 35.4 Å². The van der Waals surface area contributed by atoms with E-state index < -0.39 is 0 Å². The van der Waals surface area contributed by atoms with Crippen molar-refractivity contribution in [3.05, 3.63) is 52.1 Å². The Bertz CT molecular complexity index is 584. The van der Waals surface area contributed by atoms with Crippen molar-refractivity contribution in [1.29, 1.82) is 0 Å². The first-order valence-corrected chi connectivity index (χ1v) is 6.20. The summed E-state index contributed by atoms with van der Waals surface area (Å²) in [5.41, 5.74) is 7.02. The van der Waals surface area contributed by atoms with Gasteiger partial charge < -0.3 is 11.1 Å². The summed E-state index contributed by atoms with van der Waals surface area (Å²) in [6.45, 7) is 0. The van der Waals surface area contributed by atoms with E-state index in [4.69, 9.17) is 41.2 Å². The highest BCUT2D eigenvalue weighted by atomic mass is 35.5. The molecule has 18 heavy (non-hydrogen) atoms. The van der Waals surface area contributed by atoms with Gasteiger partial charge in [0, 0.05) is 17.4 Å². The van der Waals surface area contributed by atoms with Crippen molar-refractivity contribution in [1.82, 2.24) is 4.98 Å². The maximum atomic E-state index is 5.92. The molecular formula is C12H9Cl2N3S. The highest BCUT2D eigenvalue weighted by Crippen LogP contribution is 2.26. The second kappa shape index (κ2) is 5.52. The largest absolute Gasteiger partial charge is 0.389 e. The van der Waals surface area contributed by atoms with Crippen LogP contribution < -0.4 is 11.1 Å². The van der Waals surface area contributed by atoms with Crippen LogP contribution in [0.4, 0.5) is 11.5 Å². The Kier molecular flexibility index (Phi) is 4.01. The highest BCUT2D eigenvalue weighted by Gasteiger charge is 2.01. The summed E-state index contributed by atoms with van der Waals surface area (Å²) in [5, 5.41) is 4.10. The van der Waals surface area contributed by atoms with Gasteiger partial charge >= 0.3 is 0 Å². The molecule has 3 nitrogen and oxygen atoms in total. The van der Waals surface area contributed by atoms with Crippen LogP contribution in [-0.2, 0) is 0 Å². The lowest BCUT2D eigenvalue weighted by atomic mass is 10.2. The van der Waals surface area contributed by atoms with Gasteiger partial charge in [-0.1, -0.05) is 35.4 Å². The number of nitrogens with zero attached hydrogens (tertiary/aromatic N) is 1. The van der Waals surface area contributed by atoms with Crippen molar-refractivity contribution in [2.75, 3.05) is 5.32 Å². The normalized spacial score (nSPS) is 10.1. The number of nitrogens with two attached hydrogens (primary N) is 1. The second-order valence-electron chi connectivity index (χ2n) is 3.55. The van der Waals surface area contributed by atoms with E-state index in [-0.39, 0.29) is 0 Å². The smallest absolute Gasteiger partial charge is 0.130 e. The summed E-state index contributed by atoms with van der Waals surface area (Å²) in [7, 11) is 0. The number of rotatable bonds is 3. The van der Waals surface area contributed by atoms with Gasteiger partial charge in [-0.3, -0.25) is 0 Å². The van der Waals surface area contributed by atoms with Crippen LogP contribution in [0.3, 0.4) is 0 Å². The quantitative estimate of drug-likeness (QED) is 0.847. The summed E-state index contributed by atoms with van der Waals surface area (Å²) < 4.78 is 0. The van der Waals surface area contributed by atoms with Gasteiger partial charge in [0.15, 0.2) is 0 Å². The van der Waals surface area contributed by atoms with E-state index in [0.717, 1.165) is 11.3 Å². The molecule has 1 aromatic carbocycles. The molecule has 6 heteroatoms. The van der Waals surface area contributed by atoms with E-state index in [1.807, 2.05) is 6.07 Å². The SMILES string of the molecule is NC(=S)c1ccc(Nc2ccc(Cl)c(Cl)c2)nc1. The Hall–Kier alpha value is -1.36. The van der Waals surface area contributed by atoms with Crippen LogP contribution in [-0.4, -0.2) is 9.97 Å². The molecule has 0 unspecified atom stereocenters. The van der Waals surface area contributed by atoms with E-state index >= 15 is 0 Å². The number of thiocarbonyl (C=S) groups is 1. The first-order chi connectivity index (χ1) is 8.56. The van der Waals surface area contributed by atoms with Crippen LogP contribution in [0.15, 0.2) is 36.5 Å². The Morgan fingerprint density at radius 3 is 2.50 bits per heavy atom. The van der Waals surface area contributed by atoms with E-state index in [1.165, 1.54) is 0 Å². The van der Waals surface area contributed by atoms with Crippen molar-refractivity contribution in [2.45, 2.75) is 0 Å². The van der Waals surface area contributed by atoms with Crippen LogP contribution in [0, 0.1) is 0 Å². The molecule has 0 aliphatic rings. The zero-order chi connectivity index (χ0) is 13.1. The fourth-order valence-corrected chi connectivity index (χ4v) is 1.75. The minimum Gasteiger partial charge on any atom is -0.389 e. The summed E-state index contributed by atoms with van der Waals surface area (Å²) in [4.78, 5) is 4.52. The van der Waals surface area contributed by atoms with Gasteiger partial charge in [0.1, 0.15) is 10.8 Å². The van der Waals surface area contributed by atoms with Crippen LogP contribution in [0.1, 0.15) is 5.56 Å². The first-order valence-electron chi connectivity index (χ1n) is 5.04. The van der Waals surface area contributed by atoms with Crippen LogP contribution in [0.25, 0.3) is 0 Å². The fourth-order valence-electron chi connectivity index (χ4n) is 1.34. The molecule has 1 aromatic heterocycles. The molecule has 0 aliphatic carbocycles. The number of hydrogen-bond acceptors (Lipinski definition) is 3. The van der Waals surface area contributed by atoms with Gasteiger partial charge in [0.25, 0.3) is 0 Å². The molecule has 0 radical (unpaired) electrons. The summed E-state index contributed by atoms with van der Waals surface area (Å²) >= 11 is 16.6. The second-order valence-corrected chi connectivity index (χ2v) is 4.80. The standard InChI is InChI=1S/C12H9Cl2N3S/c13-9-3-2-8(5-10(9)14)17-11-4-1-7(6-16-11)12(15)18/h1-6H,(H2,15,18)(H,16,17). The number of nitrogens with one attached hydrogen (secondary N) is 1. The Balaban J connectivity index is 2.18. The van der Waals surface area contributed by atoms with Crippen molar-refractivity contribution in [3.8, 4) is 0 Å². The van der Waals surface area contributed by atoms with Gasteiger partial charge in [-0.25, -0.2) is 4.98 Å². The number of anilines is 2. The van der Waals surface area contributed by atoms with Crippen molar-refractivity contribution in [3.63, 3.8) is 0 Å². The summed E-state index contributed by atoms with van der Waals surface area (Å²) in [6.07, 6.45) is 1.61. The number of benzene rings is 1. The fraction of sp³-hybridized carbons (Fsp3) is 0. The molecule has 0 fully saturated rings. The first kappa shape index (κ1) is 13.1. The molecule has 3 N–H and O–H groups in total. The van der Waals surface area contributed by atoms with Crippen LogP contribution in [0.5, 0.6) is 0 Å². The van der Waals surface area contributed by atoms with Gasteiger partial charge in [-0.05, 0) is 30.3 Å². The lowest BCUT2D eigenvalue weighted by molar-refractivity contribution is 1.30. The van der Waals surface area contributed by atoms with Crippen LogP contribution in [0.2, 0.25) is 10.0 Å². The number of hydrogen-bond donors (Lipinski definition) is 2. The Morgan fingerprint density at radius 2 is 1.94 bits per heavy atom. The molecule has 0 aliphatic heterocycles. The van der Waals surface area contributed by atoms with E-state index in [2.05, 4.69) is 10.3 Å². The molecule has 92 valence electrons. The van der Waals surface area contributed by atoms with E-state index in [0.29, 0.717) is 20.9 Å². The maximum Gasteiger partial charge on any atom is 0.130 e. The molecule has 0 amide bonds. The molecule has 1 heterocycles. The monoisotopic (exact) mass is 297 g/mol. The predicted octanol–water partition coefficient (Wildman–Crippen LogP) is 3.77. The lowest BCUT2D eigenvalue weighted by Crippen LogP contribution is -2.09. The zero-order valence-electron chi connectivity index (χ0n) is 9.15. The molecule has 2 rings (SSSR count). The Morgan fingerprint density at radius 1 is 1.17 bits per heavy atom. The summed E-state index contributed by atoms with van der Waals surface area (Å²) in [5.74, 6) is 0.674. The van der Waals surface area contributed by atoms with Crippen molar-refractivity contribution in [2.24, 2.45) is 5.73 Å². The molecular weight excluding hydrogens is 289 g/mol. The minimum absolute atomic E-state index is 0.323. The van der Waals surface area contributed by atoms with Gasteiger partial charge in [-0.2, -0.15) is 0 Å². The third kappa shape index (κ3) is 3.10. The third-order valence-corrected chi connectivity index (χ3v) is 3.21. The van der Waals surface area contributed by atoms with Gasteiger partial charge in [-0.15, -0.1) is 0 Å². The van der Waals surface area contributed by atoms with Crippen molar-refractivity contribution < 1.29 is 0 Å². The predicted molar refractivity (Wildman–Crippen MR) is 79.9 cm³/mol. The molecule has 0 saturated carbocycles. The molecule has 0 atom stereocenters. The Labute approximate surface area is 120 Å². The average Bonchev–Trinajstić information content (AvgIpc) is 2.34. The van der Waals surface area contributed by atoms with Gasteiger partial charge in [0.05, 0.1) is 10.0 Å². The van der Waals surface area contributed by atoms with Gasteiger partial charge in [0.2, 0.25) is 0 Å². The zero-order valence-corrected chi connectivity index (χ0v) is 11.5. The number of aromatic nitrogens is 1. The van der Waals surface area contributed by atoms with E-state index in [9.17, 15) is 0 Å². The van der Waals surface area contributed by atoms with E-state index in [1.54, 1.807) is 30.5 Å². The molecule has 2 aromatic rings. The number of pyridine rings is 1. The lowest BCUT2D eigenvalue weighted by Gasteiger charge is -2.07. The average molecular weight is 298 g/mol. The number of halogens is 2. The molecule has 0 bridgehead atoms. The highest BCUT2D eigenvalue weighted by molar-refractivity contribution is 7.80. The molecule has 0 spiro atoms. The summed E-state index contributed by atoms with van der Waals surface area (Å²) in [6, 6.07) is 8.85. The maximum absolute atomic E-state index is 5.92. The third-order valence-electron chi connectivity index (χ3n) is 2.24.